The molecule has 0 N–H and O–H groups in total. The summed E-state index contributed by atoms with van der Waals surface area (Å²) in [4.78, 5) is 2.48. The van der Waals surface area contributed by atoms with Crippen molar-refractivity contribution in [1.29, 1.82) is 0 Å². The summed E-state index contributed by atoms with van der Waals surface area (Å²) >= 11 is 3.72. The Balaban J connectivity index is 1.12. The third-order valence-electron chi connectivity index (χ3n) is 11.9. The summed E-state index contributed by atoms with van der Waals surface area (Å²) in [6.45, 7) is 0. The van der Waals surface area contributed by atoms with Crippen LogP contribution in [0.25, 0.3) is 95.3 Å². The minimum absolute atomic E-state index is 1.10. The fourth-order valence-corrected chi connectivity index (χ4v) is 11.2. The van der Waals surface area contributed by atoms with Crippen LogP contribution in [0.1, 0.15) is 0 Å². The fraction of sp³-hybridized carbons (Fsp3) is 0. The van der Waals surface area contributed by atoms with Gasteiger partial charge in [-0.15, -0.1) is 22.7 Å². The minimum atomic E-state index is 1.10. The van der Waals surface area contributed by atoms with E-state index in [1.165, 1.54) is 95.3 Å². The van der Waals surface area contributed by atoms with E-state index in [4.69, 9.17) is 0 Å². The van der Waals surface area contributed by atoms with Crippen molar-refractivity contribution < 1.29 is 0 Å². The minimum Gasteiger partial charge on any atom is -0.310 e. The molecule has 0 atom stereocenters. The Bertz CT molecular complexity index is 3570. The van der Waals surface area contributed by atoms with E-state index in [0.29, 0.717) is 0 Å². The lowest BCUT2D eigenvalue weighted by atomic mass is 9.90. The molecule has 0 radical (unpaired) electrons. The van der Waals surface area contributed by atoms with Crippen LogP contribution in [0.15, 0.2) is 212 Å². The number of fused-ring (bicyclic) bond motifs is 8. The second-order valence-corrected chi connectivity index (χ2v) is 17.4. The molecule has 2 aromatic heterocycles. The molecule has 0 saturated heterocycles. The Morgan fingerprint density at radius 1 is 0.288 bits per heavy atom. The molecule has 12 aromatic rings. The van der Waals surface area contributed by atoms with Gasteiger partial charge in [-0.05, 0) is 116 Å². The van der Waals surface area contributed by atoms with Gasteiger partial charge in [0.05, 0.1) is 5.69 Å². The Morgan fingerprint density at radius 2 is 0.831 bits per heavy atom. The van der Waals surface area contributed by atoms with Crippen molar-refractivity contribution in [3.63, 3.8) is 0 Å². The third-order valence-corrected chi connectivity index (χ3v) is 14.2. The number of nitrogens with zero attached hydrogens (tertiary/aromatic N) is 1. The number of rotatable bonds is 6. The van der Waals surface area contributed by atoms with Crippen LogP contribution in [0.2, 0.25) is 0 Å². The van der Waals surface area contributed by atoms with E-state index < -0.39 is 0 Å². The van der Waals surface area contributed by atoms with Crippen LogP contribution in [-0.2, 0) is 0 Å². The van der Waals surface area contributed by atoms with Gasteiger partial charge in [0.1, 0.15) is 0 Å². The van der Waals surface area contributed by atoms with E-state index in [1.54, 1.807) is 0 Å². The Labute approximate surface area is 350 Å². The third kappa shape index (κ3) is 5.73. The van der Waals surface area contributed by atoms with Gasteiger partial charge in [-0.25, -0.2) is 0 Å². The van der Waals surface area contributed by atoms with E-state index in [-0.39, 0.29) is 0 Å². The maximum absolute atomic E-state index is 2.48. The summed E-state index contributed by atoms with van der Waals surface area (Å²) in [5, 5.41) is 10.1. The maximum Gasteiger partial charge on any atom is 0.0546 e. The van der Waals surface area contributed by atoms with Crippen molar-refractivity contribution in [1.82, 2.24) is 0 Å². The van der Waals surface area contributed by atoms with Gasteiger partial charge in [0.2, 0.25) is 0 Å². The summed E-state index contributed by atoms with van der Waals surface area (Å²) in [7, 11) is 0. The molecule has 3 heteroatoms. The molecule has 0 aliphatic heterocycles. The van der Waals surface area contributed by atoms with E-state index in [2.05, 4.69) is 217 Å². The van der Waals surface area contributed by atoms with Gasteiger partial charge < -0.3 is 4.90 Å². The first-order valence-electron chi connectivity index (χ1n) is 20.1. The van der Waals surface area contributed by atoms with Gasteiger partial charge in [-0.2, -0.15) is 0 Å². The van der Waals surface area contributed by atoms with Gasteiger partial charge >= 0.3 is 0 Å². The average Bonchev–Trinajstić information content (AvgIpc) is 3.87. The molecule has 12 rings (SSSR count). The van der Waals surface area contributed by atoms with Gasteiger partial charge in [0.15, 0.2) is 0 Å². The van der Waals surface area contributed by atoms with E-state index in [1.807, 2.05) is 22.7 Å². The lowest BCUT2D eigenvalue weighted by Crippen LogP contribution is -2.11. The van der Waals surface area contributed by atoms with Crippen LogP contribution in [0.4, 0.5) is 17.1 Å². The number of thiophene rings is 2. The first-order chi connectivity index (χ1) is 29.2. The summed E-state index contributed by atoms with van der Waals surface area (Å²) in [6.07, 6.45) is 0. The average molecular weight is 786 g/mol. The zero-order chi connectivity index (χ0) is 38.9. The molecule has 1 nitrogen and oxygen atoms in total. The Morgan fingerprint density at radius 3 is 1.61 bits per heavy atom. The molecule has 276 valence electrons. The normalized spacial score (nSPS) is 11.7. The fourth-order valence-electron chi connectivity index (χ4n) is 9.06. The monoisotopic (exact) mass is 785 g/mol. The van der Waals surface area contributed by atoms with Crippen LogP contribution < -0.4 is 4.90 Å². The number of anilines is 3. The quantitative estimate of drug-likeness (QED) is 0.162. The molecule has 0 aliphatic rings. The topological polar surface area (TPSA) is 3.24 Å². The highest BCUT2D eigenvalue weighted by molar-refractivity contribution is 7.26. The Kier molecular flexibility index (Phi) is 7.97. The van der Waals surface area contributed by atoms with Crippen molar-refractivity contribution in [2.45, 2.75) is 0 Å². The summed E-state index contributed by atoms with van der Waals surface area (Å²) in [5.74, 6) is 0. The van der Waals surface area contributed by atoms with Crippen LogP contribution >= 0.6 is 22.7 Å². The predicted octanol–water partition coefficient (Wildman–Crippen LogP) is 17.2. The van der Waals surface area contributed by atoms with Crippen LogP contribution in [0.3, 0.4) is 0 Å². The second-order valence-electron chi connectivity index (χ2n) is 15.3. The molecule has 0 bridgehead atoms. The van der Waals surface area contributed by atoms with Crippen molar-refractivity contribution in [2.24, 2.45) is 0 Å². The number of benzene rings is 10. The summed E-state index contributed by atoms with van der Waals surface area (Å²) in [6, 6.07) is 78.5. The highest BCUT2D eigenvalue weighted by Crippen LogP contribution is 2.48. The van der Waals surface area contributed by atoms with Gasteiger partial charge in [0.25, 0.3) is 0 Å². The number of hydrogen-bond acceptors (Lipinski definition) is 3. The molecule has 0 fully saturated rings. The molecule has 0 amide bonds. The van der Waals surface area contributed by atoms with Crippen LogP contribution in [-0.4, -0.2) is 0 Å². The first-order valence-corrected chi connectivity index (χ1v) is 21.7. The SMILES string of the molecule is c1cc(-c2ccc3sc4ccccc4c3c2)c(-c2ccc3ccccc3c2)c(N(c2ccc(-c3cccc4ccccc34)cc2)c2ccc3sc4ccccc4c3c2)c1. The van der Waals surface area contributed by atoms with E-state index >= 15 is 0 Å². The molecule has 0 saturated carbocycles. The summed E-state index contributed by atoms with van der Waals surface area (Å²) < 4.78 is 5.22. The van der Waals surface area contributed by atoms with Crippen molar-refractivity contribution in [3.05, 3.63) is 212 Å². The van der Waals surface area contributed by atoms with Gasteiger partial charge in [-0.1, -0.05) is 146 Å². The molecule has 0 spiro atoms. The Hall–Kier alpha value is -7.04. The lowest BCUT2D eigenvalue weighted by Gasteiger charge is -2.29. The molecular weight excluding hydrogens is 751 g/mol. The number of hydrogen-bond donors (Lipinski definition) is 0. The highest BCUT2D eigenvalue weighted by atomic mass is 32.1. The maximum atomic E-state index is 2.48. The van der Waals surface area contributed by atoms with Crippen LogP contribution in [0.5, 0.6) is 0 Å². The van der Waals surface area contributed by atoms with Gasteiger partial charge in [0, 0.05) is 57.3 Å². The molecule has 10 aromatic carbocycles. The second kappa shape index (κ2) is 13.8. The standard InChI is InChI=1S/C56H35NS2/c1-2-13-39-33-41(24-23-36(39)11-1)56-46(40-27-31-54-49(34-40)47-16-5-7-21-52(47)58-54)19-10-20-51(56)57(43-30-32-55-50(35-43)48-17-6-8-22-53(48)59-55)42-28-25-38(26-29-42)45-18-9-14-37-12-3-4-15-44(37)45/h1-35H. The predicted molar refractivity (Wildman–Crippen MR) is 258 cm³/mol. The highest BCUT2D eigenvalue weighted by Gasteiger charge is 2.23. The summed E-state index contributed by atoms with van der Waals surface area (Å²) in [5.41, 5.74) is 10.6. The first kappa shape index (κ1) is 34.0. The largest absolute Gasteiger partial charge is 0.310 e. The van der Waals surface area contributed by atoms with Crippen molar-refractivity contribution in [2.75, 3.05) is 4.90 Å². The lowest BCUT2D eigenvalue weighted by molar-refractivity contribution is 1.29. The van der Waals surface area contributed by atoms with Gasteiger partial charge in [-0.3, -0.25) is 0 Å². The van der Waals surface area contributed by atoms with Crippen molar-refractivity contribution in [3.8, 4) is 33.4 Å². The molecule has 0 unspecified atom stereocenters. The molecule has 0 aliphatic carbocycles. The molecule has 2 heterocycles. The van der Waals surface area contributed by atoms with Crippen molar-refractivity contribution >= 4 is 102 Å². The van der Waals surface area contributed by atoms with Crippen LogP contribution in [0, 0.1) is 0 Å². The smallest absolute Gasteiger partial charge is 0.0546 e. The van der Waals surface area contributed by atoms with E-state index in [0.717, 1.165) is 17.1 Å². The molecular formula is C56H35NS2. The van der Waals surface area contributed by atoms with E-state index in [9.17, 15) is 0 Å². The zero-order valence-corrected chi connectivity index (χ0v) is 33.6. The zero-order valence-electron chi connectivity index (χ0n) is 32.0. The molecule has 59 heavy (non-hydrogen) atoms.